The van der Waals surface area contributed by atoms with Crippen molar-refractivity contribution in [3.8, 4) is 5.75 Å². The highest BCUT2D eigenvalue weighted by Gasteiger charge is 2.47. The molecule has 1 fully saturated rings. The Hall–Kier alpha value is -2.73. The molecule has 0 radical (unpaired) electrons. The molecule has 6 nitrogen and oxygen atoms in total. The van der Waals surface area contributed by atoms with Crippen LogP contribution in [0.25, 0.3) is 5.76 Å². The normalized spacial score (nSPS) is 18.9. The van der Waals surface area contributed by atoms with Gasteiger partial charge >= 0.3 is 0 Å². The second-order valence-corrected chi connectivity index (χ2v) is 6.49. The lowest BCUT2D eigenvalue weighted by Crippen LogP contribution is -2.30. The second kappa shape index (κ2) is 7.88. The Bertz CT molecular complexity index is 888. The molecule has 1 N–H and O–H groups in total. The van der Waals surface area contributed by atoms with Gasteiger partial charge in [-0.1, -0.05) is 18.5 Å². The second-order valence-electron chi connectivity index (χ2n) is 6.08. The molecular weight excluding hydrogens is 370 g/mol. The largest absolute Gasteiger partial charge is 0.507 e. The number of carbonyl (C=O) groups excluding carboxylic acids is 2. The predicted octanol–water partition coefficient (Wildman–Crippen LogP) is 4.16. The van der Waals surface area contributed by atoms with Gasteiger partial charge in [0, 0.05) is 12.1 Å². The van der Waals surface area contributed by atoms with Crippen molar-refractivity contribution in [1.82, 2.24) is 4.90 Å². The first kappa shape index (κ1) is 19.0. The third-order valence-electron chi connectivity index (χ3n) is 4.32. The van der Waals surface area contributed by atoms with E-state index < -0.39 is 17.7 Å². The number of hydrogen-bond acceptors (Lipinski definition) is 5. The van der Waals surface area contributed by atoms with Gasteiger partial charge < -0.3 is 19.2 Å². The minimum Gasteiger partial charge on any atom is -0.507 e. The van der Waals surface area contributed by atoms with Gasteiger partial charge in [0.1, 0.15) is 23.3 Å². The molecule has 1 saturated heterocycles. The highest BCUT2D eigenvalue weighted by Crippen LogP contribution is 2.41. The summed E-state index contributed by atoms with van der Waals surface area (Å²) in [7, 11) is 0. The van der Waals surface area contributed by atoms with Gasteiger partial charge in [0.25, 0.3) is 11.7 Å². The first-order valence-corrected chi connectivity index (χ1v) is 9.11. The first-order valence-electron chi connectivity index (χ1n) is 8.74. The molecule has 1 aromatic carbocycles. The molecule has 1 amide bonds. The number of halogens is 1. The number of amides is 1. The molecule has 1 unspecified atom stereocenters. The maximum Gasteiger partial charge on any atom is 0.295 e. The topological polar surface area (TPSA) is 80.0 Å². The number of rotatable bonds is 6. The van der Waals surface area contributed by atoms with Crippen LogP contribution in [0.5, 0.6) is 5.75 Å². The van der Waals surface area contributed by atoms with Crippen molar-refractivity contribution in [2.45, 2.75) is 26.3 Å². The summed E-state index contributed by atoms with van der Waals surface area (Å²) in [5.74, 6) is -0.876. The molecule has 1 aromatic heterocycles. The summed E-state index contributed by atoms with van der Waals surface area (Å²) >= 11 is 6.24. The van der Waals surface area contributed by atoms with Crippen molar-refractivity contribution in [2.24, 2.45) is 0 Å². The van der Waals surface area contributed by atoms with Gasteiger partial charge in [0.15, 0.2) is 0 Å². The predicted molar refractivity (Wildman–Crippen MR) is 101 cm³/mol. The van der Waals surface area contributed by atoms with E-state index in [1.807, 2.05) is 13.8 Å². The van der Waals surface area contributed by atoms with Crippen LogP contribution in [-0.4, -0.2) is 34.8 Å². The average Bonchev–Trinajstić information content (AvgIpc) is 3.26. The van der Waals surface area contributed by atoms with Crippen LogP contribution in [-0.2, 0) is 9.59 Å². The van der Waals surface area contributed by atoms with Crippen molar-refractivity contribution in [1.29, 1.82) is 0 Å². The fraction of sp³-hybridized carbons (Fsp3) is 0.300. The van der Waals surface area contributed by atoms with Crippen molar-refractivity contribution in [3.63, 3.8) is 0 Å². The van der Waals surface area contributed by atoms with E-state index in [1.54, 1.807) is 30.3 Å². The van der Waals surface area contributed by atoms with Gasteiger partial charge in [-0.3, -0.25) is 9.59 Å². The molecule has 27 heavy (non-hydrogen) atoms. The zero-order valence-corrected chi connectivity index (χ0v) is 15.8. The van der Waals surface area contributed by atoms with Crippen molar-refractivity contribution < 1.29 is 23.8 Å². The molecule has 3 rings (SSSR count). The Morgan fingerprint density at radius 3 is 2.70 bits per heavy atom. The van der Waals surface area contributed by atoms with Crippen LogP contribution in [0.2, 0.25) is 5.02 Å². The number of ether oxygens (including phenoxy) is 1. The zero-order valence-electron chi connectivity index (χ0n) is 15.1. The van der Waals surface area contributed by atoms with Crippen molar-refractivity contribution in [3.05, 3.63) is 58.5 Å². The van der Waals surface area contributed by atoms with Crippen LogP contribution < -0.4 is 4.74 Å². The Labute approximate surface area is 162 Å². The lowest BCUT2D eigenvalue weighted by atomic mass is 9.99. The molecule has 1 aliphatic rings. The van der Waals surface area contributed by atoms with Gasteiger partial charge in [-0.15, -0.1) is 0 Å². The molecule has 142 valence electrons. The van der Waals surface area contributed by atoms with Crippen LogP contribution in [0, 0.1) is 0 Å². The summed E-state index contributed by atoms with van der Waals surface area (Å²) < 4.78 is 10.9. The van der Waals surface area contributed by atoms with E-state index in [0.717, 1.165) is 0 Å². The quantitative estimate of drug-likeness (QED) is 0.455. The molecule has 7 heteroatoms. The summed E-state index contributed by atoms with van der Waals surface area (Å²) in [5.41, 5.74) is 0.188. The molecule has 0 bridgehead atoms. The summed E-state index contributed by atoms with van der Waals surface area (Å²) in [6.45, 7) is 4.54. The molecule has 1 aliphatic heterocycles. The van der Waals surface area contributed by atoms with Crippen molar-refractivity contribution >= 4 is 29.1 Å². The molecule has 2 heterocycles. The third kappa shape index (κ3) is 3.45. The Kier molecular flexibility index (Phi) is 5.56. The summed E-state index contributed by atoms with van der Waals surface area (Å²) in [5, 5.41) is 11.2. The fourth-order valence-electron chi connectivity index (χ4n) is 3.18. The van der Waals surface area contributed by atoms with Gasteiger partial charge in [0.2, 0.25) is 0 Å². The maximum atomic E-state index is 12.7. The lowest BCUT2D eigenvalue weighted by molar-refractivity contribution is -0.140. The van der Waals surface area contributed by atoms with E-state index in [1.165, 1.54) is 11.2 Å². The summed E-state index contributed by atoms with van der Waals surface area (Å²) in [6.07, 6.45) is 2.12. The van der Waals surface area contributed by atoms with Crippen LogP contribution in [0.15, 0.2) is 46.6 Å². The van der Waals surface area contributed by atoms with Crippen molar-refractivity contribution in [2.75, 3.05) is 13.2 Å². The number of carbonyl (C=O) groups is 2. The number of aliphatic hydroxyl groups excluding tert-OH is 1. The van der Waals surface area contributed by atoms with E-state index in [4.69, 9.17) is 20.8 Å². The van der Waals surface area contributed by atoms with E-state index in [0.29, 0.717) is 31.1 Å². The Morgan fingerprint density at radius 1 is 1.30 bits per heavy atom. The Balaban J connectivity index is 2.18. The molecule has 1 atom stereocenters. The van der Waals surface area contributed by atoms with Gasteiger partial charge in [-0.05, 0) is 43.7 Å². The lowest BCUT2D eigenvalue weighted by Gasteiger charge is -2.22. The van der Waals surface area contributed by atoms with Crippen LogP contribution >= 0.6 is 11.6 Å². The molecular formula is C20H20ClNO5. The number of benzene rings is 1. The minimum absolute atomic E-state index is 0.0426. The Morgan fingerprint density at radius 2 is 2.07 bits per heavy atom. The third-order valence-corrected chi connectivity index (χ3v) is 4.65. The maximum absolute atomic E-state index is 12.7. The van der Waals surface area contributed by atoms with Crippen LogP contribution in [0.3, 0.4) is 0 Å². The van der Waals surface area contributed by atoms with E-state index in [-0.39, 0.29) is 21.9 Å². The highest BCUT2D eigenvalue weighted by molar-refractivity contribution is 6.46. The van der Waals surface area contributed by atoms with E-state index in [2.05, 4.69) is 0 Å². The van der Waals surface area contributed by atoms with Crippen LogP contribution in [0.1, 0.15) is 37.6 Å². The van der Waals surface area contributed by atoms with Gasteiger partial charge in [-0.25, -0.2) is 0 Å². The smallest absolute Gasteiger partial charge is 0.295 e. The van der Waals surface area contributed by atoms with Gasteiger partial charge in [0.05, 0.1) is 23.5 Å². The number of ketones is 1. The number of furan rings is 1. The zero-order chi connectivity index (χ0) is 19.6. The van der Waals surface area contributed by atoms with Crippen LogP contribution in [0.4, 0.5) is 0 Å². The standard InChI is InChI=1S/C20H20ClNO5/c1-3-9-22-17(15-6-5-10-27-15)16(19(24)20(22)25)18(23)13-11-12(26-4-2)7-8-14(13)21/h5-8,10-11,17,23H,3-4,9H2,1-2H3/b18-16-. The van der Waals surface area contributed by atoms with E-state index in [9.17, 15) is 14.7 Å². The molecule has 2 aromatic rings. The fourth-order valence-corrected chi connectivity index (χ4v) is 3.39. The summed E-state index contributed by atoms with van der Waals surface area (Å²) in [6, 6.07) is 7.34. The number of hydrogen-bond donors (Lipinski definition) is 1. The number of aliphatic hydroxyl groups is 1. The molecule has 0 spiro atoms. The average molecular weight is 390 g/mol. The van der Waals surface area contributed by atoms with E-state index >= 15 is 0 Å². The first-order chi connectivity index (χ1) is 13.0. The molecule has 0 aliphatic carbocycles. The number of likely N-dealkylation sites (tertiary alicyclic amines) is 1. The SMILES string of the molecule is CCCN1C(=O)C(=O)/C(=C(\O)c2cc(OCC)ccc2Cl)C1c1ccco1. The highest BCUT2D eigenvalue weighted by atomic mass is 35.5. The molecule has 0 saturated carbocycles. The summed E-state index contributed by atoms with van der Waals surface area (Å²) in [4.78, 5) is 26.7. The number of Topliss-reactive ketones (excluding diaryl/α,β-unsaturated/α-hetero) is 1. The monoisotopic (exact) mass is 389 g/mol. The van der Waals surface area contributed by atoms with Gasteiger partial charge in [-0.2, -0.15) is 0 Å². The number of nitrogens with zero attached hydrogens (tertiary/aromatic N) is 1. The minimum atomic E-state index is -0.799.